The standard InChI is InChI=1S/C17H24N2O2.C2H6/c1-12(2)16-7-15-13(8-18-16)9-21-17(15)3-5-19(6-4-17)14-10-20-11-14;1-2/h7-8,12,14H,3-6,9-11H2,1-2H3;1-2H3. The zero-order chi connectivity index (χ0) is 16.4. The molecule has 128 valence electrons. The van der Waals surface area contributed by atoms with Crippen LogP contribution in [0.3, 0.4) is 0 Å². The van der Waals surface area contributed by atoms with Gasteiger partial charge in [-0.2, -0.15) is 0 Å². The van der Waals surface area contributed by atoms with Crippen LogP contribution in [0.25, 0.3) is 0 Å². The van der Waals surface area contributed by atoms with Crippen LogP contribution < -0.4 is 0 Å². The molecule has 1 aromatic heterocycles. The van der Waals surface area contributed by atoms with Crippen LogP contribution in [0.5, 0.6) is 0 Å². The number of pyridine rings is 1. The van der Waals surface area contributed by atoms with Crippen LogP contribution in [0.15, 0.2) is 12.3 Å². The third-order valence-corrected chi connectivity index (χ3v) is 5.34. The molecule has 1 spiro atoms. The highest BCUT2D eigenvalue weighted by Crippen LogP contribution is 2.45. The summed E-state index contributed by atoms with van der Waals surface area (Å²) in [5.74, 6) is 0.472. The summed E-state index contributed by atoms with van der Waals surface area (Å²) >= 11 is 0. The Morgan fingerprint density at radius 3 is 2.48 bits per heavy atom. The lowest BCUT2D eigenvalue weighted by Crippen LogP contribution is -2.54. The fourth-order valence-corrected chi connectivity index (χ4v) is 3.75. The number of piperidine rings is 1. The van der Waals surface area contributed by atoms with Gasteiger partial charge in [-0.05, 0) is 30.4 Å². The maximum Gasteiger partial charge on any atom is 0.0964 e. The Morgan fingerprint density at radius 1 is 1.22 bits per heavy atom. The molecule has 2 saturated heterocycles. The molecule has 2 fully saturated rings. The lowest BCUT2D eigenvalue weighted by atomic mass is 9.83. The van der Waals surface area contributed by atoms with E-state index in [0.29, 0.717) is 12.0 Å². The fourth-order valence-electron chi connectivity index (χ4n) is 3.75. The van der Waals surface area contributed by atoms with E-state index in [0.717, 1.165) is 45.8 Å². The average molecular weight is 318 g/mol. The van der Waals surface area contributed by atoms with Crippen molar-refractivity contribution in [3.05, 3.63) is 29.1 Å². The molecule has 0 amide bonds. The van der Waals surface area contributed by atoms with Crippen molar-refractivity contribution >= 4 is 0 Å². The molecule has 0 N–H and O–H groups in total. The molecule has 0 unspecified atom stereocenters. The highest BCUT2D eigenvalue weighted by Gasteiger charge is 2.44. The highest BCUT2D eigenvalue weighted by atomic mass is 16.5. The molecule has 0 atom stereocenters. The summed E-state index contributed by atoms with van der Waals surface area (Å²) < 4.78 is 11.6. The molecule has 23 heavy (non-hydrogen) atoms. The first kappa shape index (κ1) is 16.9. The van der Waals surface area contributed by atoms with Gasteiger partial charge < -0.3 is 9.47 Å². The zero-order valence-electron chi connectivity index (χ0n) is 15.0. The fraction of sp³-hybridized carbons (Fsp3) is 0.737. The van der Waals surface area contributed by atoms with Gasteiger partial charge >= 0.3 is 0 Å². The van der Waals surface area contributed by atoms with E-state index >= 15 is 0 Å². The van der Waals surface area contributed by atoms with E-state index in [1.54, 1.807) is 0 Å². The SMILES string of the molecule is CC.CC(C)c1cc2c(cn1)COC21CCN(C2COC2)CC1. The number of hydrogen-bond acceptors (Lipinski definition) is 4. The van der Waals surface area contributed by atoms with Gasteiger partial charge in [-0.25, -0.2) is 0 Å². The number of rotatable bonds is 2. The molecular weight excluding hydrogens is 288 g/mol. The minimum Gasteiger partial charge on any atom is -0.378 e. The van der Waals surface area contributed by atoms with Crippen molar-refractivity contribution in [2.45, 2.75) is 64.7 Å². The quantitative estimate of drug-likeness (QED) is 0.836. The van der Waals surface area contributed by atoms with E-state index in [4.69, 9.17) is 9.47 Å². The first-order chi connectivity index (χ1) is 11.2. The highest BCUT2D eigenvalue weighted by molar-refractivity contribution is 5.36. The van der Waals surface area contributed by atoms with Crippen molar-refractivity contribution < 1.29 is 9.47 Å². The Hall–Kier alpha value is -0.970. The monoisotopic (exact) mass is 318 g/mol. The van der Waals surface area contributed by atoms with E-state index < -0.39 is 0 Å². The Labute approximate surface area is 140 Å². The average Bonchev–Trinajstić information content (AvgIpc) is 2.88. The maximum atomic E-state index is 6.27. The minimum atomic E-state index is -0.0526. The lowest BCUT2D eigenvalue weighted by molar-refractivity contribution is -0.119. The van der Waals surface area contributed by atoms with Crippen molar-refractivity contribution in [2.75, 3.05) is 26.3 Å². The van der Waals surface area contributed by atoms with E-state index in [9.17, 15) is 0 Å². The molecule has 4 rings (SSSR count). The first-order valence-corrected chi connectivity index (χ1v) is 9.13. The van der Waals surface area contributed by atoms with Crippen molar-refractivity contribution in [2.24, 2.45) is 0 Å². The number of nitrogens with zero attached hydrogens (tertiary/aromatic N) is 2. The van der Waals surface area contributed by atoms with Gasteiger partial charge in [0.15, 0.2) is 0 Å². The van der Waals surface area contributed by atoms with Gasteiger partial charge in [-0.1, -0.05) is 27.7 Å². The van der Waals surface area contributed by atoms with E-state index in [2.05, 4.69) is 29.8 Å². The number of ether oxygens (including phenoxy) is 2. The summed E-state index contributed by atoms with van der Waals surface area (Å²) in [6.07, 6.45) is 4.22. The molecule has 0 radical (unpaired) electrons. The molecule has 4 nitrogen and oxygen atoms in total. The summed E-state index contributed by atoms with van der Waals surface area (Å²) in [6.45, 7) is 13.2. The predicted molar refractivity (Wildman–Crippen MR) is 91.6 cm³/mol. The second-order valence-electron chi connectivity index (χ2n) is 6.93. The molecule has 0 aliphatic carbocycles. The molecule has 1 aromatic rings. The van der Waals surface area contributed by atoms with Crippen LogP contribution in [0.4, 0.5) is 0 Å². The summed E-state index contributed by atoms with van der Waals surface area (Å²) in [5.41, 5.74) is 3.84. The van der Waals surface area contributed by atoms with Crippen LogP contribution >= 0.6 is 0 Å². The maximum absolute atomic E-state index is 6.27. The molecular formula is C19H30N2O2. The van der Waals surface area contributed by atoms with Gasteiger partial charge in [-0.3, -0.25) is 9.88 Å². The van der Waals surface area contributed by atoms with Crippen LogP contribution in [0.1, 0.15) is 63.3 Å². The summed E-state index contributed by atoms with van der Waals surface area (Å²) in [4.78, 5) is 7.16. The topological polar surface area (TPSA) is 34.6 Å². The van der Waals surface area contributed by atoms with Crippen molar-refractivity contribution in [3.63, 3.8) is 0 Å². The summed E-state index contributed by atoms with van der Waals surface area (Å²) in [7, 11) is 0. The lowest BCUT2D eigenvalue weighted by Gasteiger charge is -2.45. The smallest absolute Gasteiger partial charge is 0.0964 e. The minimum absolute atomic E-state index is 0.0526. The normalized spacial score (nSPS) is 23.3. The van der Waals surface area contributed by atoms with Crippen LogP contribution in [-0.2, 0) is 21.7 Å². The van der Waals surface area contributed by atoms with Gasteiger partial charge in [0.2, 0.25) is 0 Å². The van der Waals surface area contributed by atoms with Crippen LogP contribution in [0, 0.1) is 0 Å². The molecule has 3 aliphatic rings. The van der Waals surface area contributed by atoms with Crippen LogP contribution in [0.2, 0.25) is 0 Å². The van der Waals surface area contributed by atoms with Crippen molar-refractivity contribution in [1.29, 1.82) is 0 Å². The molecule has 0 saturated carbocycles. The summed E-state index contributed by atoms with van der Waals surface area (Å²) in [6, 6.07) is 2.95. The zero-order valence-corrected chi connectivity index (χ0v) is 15.0. The van der Waals surface area contributed by atoms with Gasteiger partial charge in [0.1, 0.15) is 0 Å². The Morgan fingerprint density at radius 2 is 1.91 bits per heavy atom. The van der Waals surface area contributed by atoms with E-state index in [-0.39, 0.29) is 5.60 Å². The van der Waals surface area contributed by atoms with Gasteiger partial charge in [-0.15, -0.1) is 0 Å². The number of likely N-dealkylation sites (tertiary alicyclic amines) is 1. The van der Waals surface area contributed by atoms with Crippen LogP contribution in [-0.4, -0.2) is 42.2 Å². The largest absolute Gasteiger partial charge is 0.378 e. The third-order valence-electron chi connectivity index (χ3n) is 5.34. The second-order valence-corrected chi connectivity index (χ2v) is 6.93. The van der Waals surface area contributed by atoms with Crippen molar-refractivity contribution in [1.82, 2.24) is 9.88 Å². The Kier molecular flexibility index (Phi) is 5.04. The summed E-state index contributed by atoms with van der Waals surface area (Å²) in [5, 5.41) is 0. The Balaban J connectivity index is 0.000000753. The number of fused-ring (bicyclic) bond motifs is 2. The number of hydrogen-bond donors (Lipinski definition) is 0. The number of aromatic nitrogens is 1. The molecule has 4 heteroatoms. The van der Waals surface area contributed by atoms with E-state index in [1.807, 2.05) is 20.0 Å². The predicted octanol–water partition coefficient (Wildman–Crippen LogP) is 3.45. The molecule has 0 bridgehead atoms. The van der Waals surface area contributed by atoms with Gasteiger partial charge in [0, 0.05) is 30.5 Å². The van der Waals surface area contributed by atoms with Crippen molar-refractivity contribution in [3.8, 4) is 0 Å². The first-order valence-electron chi connectivity index (χ1n) is 9.13. The molecule has 4 heterocycles. The third kappa shape index (κ3) is 3.04. The Bertz CT molecular complexity index is 532. The van der Waals surface area contributed by atoms with E-state index in [1.165, 1.54) is 16.8 Å². The second kappa shape index (κ2) is 6.88. The van der Waals surface area contributed by atoms with Gasteiger partial charge in [0.25, 0.3) is 0 Å². The molecule has 3 aliphatic heterocycles. The molecule has 0 aromatic carbocycles. The van der Waals surface area contributed by atoms with Gasteiger partial charge in [0.05, 0.1) is 31.5 Å².